The highest BCUT2D eigenvalue weighted by atomic mass is 32.1. The van der Waals surface area contributed by atoms with Crippen LogP contribution in [0, 0.1) is 5.92 Å². The first-order chi connectivity index (χ1) is 9.70. The molecule has 1 aliphatic carbocycles. The Morgan fingerprint density at radius 3 is 3.00 bits per heavy atom. The molecule has 1 fully saturated rings. The first kappa shape index (κ1) is 13.3. The molecule has 0 spiro atoms. The number of aliphatic carboxylic acids is 1. The standard InChI is InChI=1S/C13H15N3O3S/c17-12(18)8-16(6-9-3-4-9)7-11-14-15-13(19-11)10-2-1-5-20-10/h1-2,5,9H,3-4,6-8H2,(H,17,18). The second-order valence-electron chi connectivity index (χ2n) is 4.98. The number of nitrogens with zero attached hydrogens (tertiary/aromatic N) is 3. The van der Waals surface area contributed by atoms with Gasteiger partial charge in [0.2, 0.25) is 5.89 Å². The third-order valence-electron chi connectivity index (χ3n) is 3.13. The van der Waals surface area contributed by atoms with Gasteiger partial charge in [-0.3, -0.25) is 9.69 Å². The van der Waals surface area contributed by atoms with E-state index >= 15 is 0 Å². The highest BCUT2D eigenvalue weighted by Crippen LogP contribution is 2.30. The van der Waals surface area contributed by atoms with Crippen molar-refractivity contribution in [2.24, 2.45) is 5.92 Å². The maximum Gasteiger partial charge on any atom is 0.317 e. The Kier molecular flexibility index (Phi) is 3.79. The fraction of sp³-hybridized carbons (Fsp3) is 0.462. The van der Waals surface area contributed by atoms with Crippen molar-refractivity contribution in [2.75, 3.05) is 13.1 Å². The molecule has 1 aliphatic rings. The van der Waals surface area contributed by atoms with E-state index in [4.69, 9.17) is 9.52 Å². The zero-order valence-corrected chi connectivity index (χ0v) is 11.7. The highest BCUT2D eigenvalue weighted by Gasteiger charge is 2.26. The molecular weight excluding hydrogens is 278 g/mol. The minimum absolute atomic E-state index is 0.00716. The van der Waals surface area contributed by atoms with Gasteiger partial charge in [-0.25, -0.2) is 0 Å². The lowest BCUT2D eigenvalue weighted by Gasteiger charge is -2.17. The summed E-state index contributed by atoms with van der Waals surface area (Å²) < 4.78 is 5.60. The lowest BCUT2D eigenvalue weighted by Crippen LogP contribution is -2.31. The molecule has 106 valence electrons. The molecule has 0 radical (unpaired) electrons. The third-order valence-corrected chi connectivity index (χ3v) is 3.99. The predicted molar refractivity (Wildman–Crippen MR) is 73.2 cm³/mol. The van der Waals surface area contributed by atoms with Crippen LogP contribution in [0.1, 0.15) is 18.7 Å². The maximum absolute atomic E-state index is 10.9. The summed E-state index contributed by atoms with van der Waals surface area (Å²) in [5.41, 5.74) is 0. The van der Waals surface area contributed by atoms with Crippen LogP contribution in [0.4, 0.5) is 0 Å². The zero-order chi connectivity index (χ0) is 13.9. The van der Waals surface area contributed by atoms with E-state index in [1.807, 2.05) is 22.4 Å². The summed E-state index contributed by atoms with van der Waals surface area (Å²) in [6.45, 7) is 1.18. The third kappa shape index (κ3) is 3.43. The summed E-state index contributed by atoms with van der Waals surface area (Å²) in [5, 5.41) is 18.9. The van der Waals surface area contributed by atoms with Gasteiger partial charge in [-0.2, -0.15) is 0 Å². The fourth-order valence-corrected chi connectivity index (χ4v) is 2.69. The molecule has 6 nitrogen and oxygen atoms in total. The van der Waals surface area contributed by atoms with E-state index in [1.54, 1.807) is 0 Å². The van der Waals surface area contributed by atoms with Gasteiger partial charge in [0.1, 0.15) is 0 Å². The molecule has 3 rings (SSSR count). The maximum atomic E-state index is 10.9. The monoisotopic (exact) mass is 293 g/mol. The van der Waals surface area contributed by atoms with Gasteiger partial charge in [-0.1, -0.05) is 6.07 Å². The molecule has 7 heteroatoms. The van der Waals surface area contributed by atoms with Crippen molar-refractivity contribution in [1.29, 1.82) is 0 Å². The van der Waals surface area contributed by atoms with Gasteiger partial charge in [0.15, 0.2) is 0 Å². The molecule has 0 unspecified atom stereocenters. The topological polar surface area (TPSA) is 79.5 Å². The number of hydrogen-bond donors (Lipinski definition) is 1. The molecule has 0 amide bonds. The highest BCUT2D eigenvalue weighted by molar-refractivity contribution is 7.13. The van der Waals surface area contributed by atoms with Crippen LogP contribution < -0.4 is 0 Å². The van der Waals surface area contributed by atoms with Crippen molar-refractivity contribution >= 4 is 17.3 Å². The molecule has 0 atom stereocenters. The first-order valence-electron chi connectivity index (χ1n) is 6.51. The smallest absolute Gasteiger partial charge is 0.317 e. The summed E-state index contributed by atoms with van der Waals surface area (Å²) in [6.07, 6.45) is 2.36. The number of carbonyl (C=O) groups is 1. The van der Waals surface area contributed by atoms with Gasteiger partial charge in [0.25, 0.3) is 5.89 Å². The van der Waals surface area contributed by atoms with E-state index in [0.717, 1.165) is 11.4 Å². The van der Waals surface area contributed by atoms with Crippen molar-refractivity contribution in [2.45, 2.75) is 19.4 Å². The Bertz CT molecular complexity index is 577. The molecule has 2 aromatic rings. The lowest BCUT2D eigenvalue weighted by atomic mass is 10.3. The Morgan fingerprint density at radius 2 is 2.35 bits per heavy atom. The second-order valence-corrected chi connectivity index (χ2v) is 5.93. The number of carboxylic acid groups (broad SMARTS) is 1. The van der Waals surface area contributed by atoms with Gasteiger partial charge in [-0.15, -0.1) is 21.5 Å². The average Bonchev–Trinajstić information content (AvgIpc) is 2.91. The number of aromatic nitrogens is 2. The minimum atomic E-state index is -0.830. The zero-order valence-electron chi connectivity index (χ0n) is 10.9. The lowest BCUT2D eigenvalue weighted by molar-refractivity contribution is -0.138. The first-order valence-corrected chi connectivity index (χ1v) is 7.39. The Balaban J connectivity index is 1.66. The number of hydrogen-bond acceptors (Lipinski definition) is 6. The van der Waals surface area contributed by atoms with Crippen LogP contribution >= 0.6 is 11.3 Å². The van der Waals surface area contributed by atoms with Crippen molar-refractivity contribution in [3.8, 4) is 10.8 Å². The molecule has 1 N–H and O–H groups in total. The molecule has 20 heavy (non-hydrogen) atoms. The summed E-state index contributed by atoms with van der Waals surface area (Å²) in [7, 11) is 0. The van der Waals surface area contributed by atoms with Gasteiger partial charge in [0, 0.05) is 6.54 Å². The SMILES string of the molecule is O=C(O)CN(Cc1nnc(-c2cccs2)o1)CC1CC1. The molecule has 0 aromatic carbocycles. The fourth-order valence-electron chi connectivity index (χ4n) is 2.05. The number of rotatable bonds is 7. The Hall–Kier alpha value is -1.73. The van der Waals surface area contributed by atoms with Crippen molar-refractivity contribution in [1.82, 2.24) is 15.1 Å². The Labute approximate surface area is 120 Å². The van der Waals surface area contributed by atoms with E-state index in [1.165, 1.54) is 24.2 Å². The van der Waals surface area contributed by atoms with Crippen LogP contribution in [0.25, 0.3) is 10.8 Å². The van der Waals surface area contributed by atoms with Gasteiger partial charge in [0.05, 0.1) is 18.0 Å². The van der Waals surface area contributed by atoms with Crippen molar-refractivity contribution in [3.63, 3.8) is 0 Å². The average molecular weight is 293 g/mol. The van der Waals surface area contributed by atoms with E-state index < -0.39 is 5.97 Å². The quantitative estimate of drug-likeness (QED) is 0.842. The molecule has 2 aromatic heterocycles. The van der Waals surface area contributed by atoms with Gasteiger partial charge in [-0.05, 0) is 30.2 Å². The number of thiophene rings is 1. The molecule has 0 bridgehead atoms. The molecule has 2 heterocycles. The second kappa shape index (κ2) is 5.72. The van der Waals surface area contributed by atoms with Crippen molar-refractivity contribution < 1.29 is 14.3 Å². The summed E-state index contributed by atoms with van der Waals surface area (Å²) >= 11 is 1.54. The van der Waals surface area contributed by atoms with Crippen LogP contribution in [0.2, 0.25) is 0 Å². The predicted octanol–water partition coefficient (Wildman–Crippen LogP) is 2.09. The molecule has 1 saturated carbocycles. The van der Waals surface area contributed by atoms with Gasteiger partial charge >= 0.3 is 5.97 Å². The molecule has 0 aliphatic heterocycles. The molecular formula is C13H15N3O3S. The van der Waals surface area contributed by atoms with Crippen LogP contribution in [-0.2, 0) is 11.3 Å². The Morgan fingerprint density at radius 1 is 1.50 bits per heavy atom. The normalized spacial score (nSPS) is 14.8. The van der Waals surface area contributed by atoms with E-state index in [9.17, 15) is 4.79 Å². The van der Waals surface area contributed by atoms with E-state index in [2.05, 4.69) is 10.2 Å². The van der Waals surface area contributed by atoms with E-state index in [0.29, 0.717) is 24.2 Å². The van der Waals surface area contributed by atoms with E-state index in [-0.39, 0.29) is 6.54 Å². The van der Waals surface area contributed by atoms with Crippen LogP contribution in [0.3, 0.4) is 0 Å². The van der Waals surface area contributed by atoms with Crippen LogP contribution in [0.15, 0.2) is 21.9 Å². The van der Waals surface area contributed by atoms with Crippen molar-refractivity contribution in [3.05, 3.63) is 23.4 Å². The minimum Gasteiger partial charge on any atom is -0.480 e. The number of carboxylic acids is 1. The molecule has 0 saturated heterocycles. The summed E-state index contributed by atoms with van der Waals surface area (Å²) in [6, 6.07) is 3.84. The van der Waals surface area contributed by atoms with Gasteiger partial charge < -0.3 is 9.52 Å². The van der Waals surface area contributed by atoms with Crippen LogP contribution in [-0.4, -0.2) is 39.3 Å². The van der Waals surface area contributed by atoms with Crippen LogP contribution in [0.5, 0.6) is 0 Å². The summed E-state index contributed by atoms with van der Waals surface area (Å²) in [5.74, 6) is 0.754. The largest absolute Gasteiger partial charge is 0.480 e. The summed E-state index contributed by atoms with van der Waals surface area (Å²) in [4.78, 5) is 13.7.